The summed E-state index contributed by atoms with van der Waals surface area (Å²) >= 11 is 0. The normalized spacial score (nSPS) is 18.2. The van der Waals surface area contributed by atoms with Crippen LogP contribution in [0.4, 0.5) is 0 Å². The Morgan fingerprint density at radius 2 is 2.11 bits per heavy atom. The highest BCUT2D eigenvalue weighted by molar-refractivity contribution is 5.44. The smallest absolute Gasteiger partial charge is 0.127 e. The van der Waals surface area contributed by atoms with E-state index in [1.54, 1.807) is 12.1 Å². The van der Waals surface area contributed by atoms with Gasteiger partial charge in [0.1, 0.15) is 18.1 Å². The van der Waals surface area contributed by atoms with Crippen molar-refractivity contribution in [3.05, 3.63) is 23.8 Å². The Hall–Kier alpha value is -1.26. The maximum atomic E-state index is 9.58. The molecule has 0 saturated heterocycles. The molecule has 106 valence electrons. The van der Waals surface area contributed by atoms with Crippen LogP contribution < -0.4 is 10.1 Å². The van der Waals surface area contributed by atoms with Crippen LogP contribution in [0.1, 0.15) is 38.3 Å². The second-order valence-electron chi connectivity index (χ2n) is 5.33. The lowest BCUT2D eigenvalue weighted by Crippen LogP contribution is -2.38. The molecule has 1 heterocycles. The summed E-state index contributed by atoms with van der Waals surface area (Å²) in [5, 5.41) is 22.5. The molecule has 4 nitrogen and oxygen atoms in total. The van der Waals surface area contributed by atoms with Crippen molar-refractivity contribution < 1.29 is 14.9 Å². The average Bonchev–Trinajstić information content (AvgIpc) is 2.83. The Kier molecular flexibility index (Phi) is 4.32. The van der Waals surface area contributed by atoms with Crippen molar-refractivity contribution in [2.24, 2.45) is 5.41 Å². The molecule has 0 amide bonds. The Bertz CT molecular complexity index is 421. The molecule has 0 radical (unpaired) electrons. The van der Waals surface area contributed by atoms with Crippen LogP contribution in [-0.2, 0) is 0 Å². The average molecular weight is 265 g/mol. The topological polar surface area (TPSA) is 61.7 Å². The Morgan fingerprint density at radius 3 is 2.74 bits per heavy atom. The second-order valence-corrected chi connectivity index (χ2v) is 5.33. The number of rotatable bonds is 6. The highest BCUT2D eigenvalue weighted by atomic mass is 16.5. The van der Waals surface area contributed by atoms with Gasteiger partial charge in [0.25, 0.3) is 0 Å². The molecule has 0 bridgehead atoms. The van der Waals surface area contributed by atoms with Crippen molar-refractivity contribution in [3.63, 3.8) is 0 Å². The van der Waals surface area contributed by atoms with Gasteiger partial charge in [0.05, 0.1) is 6.04 Å². The number of fused-ring (bicyclic) bond motifs is 1. The molecule has 0 spiro atoms. The van der Waals surface area contributed by atoms with Crippen LogP contribution in [0.15, 0.2) is 18.2 Å². The lowest BCUT2D eigenvalue weighted by molar-refractivity contribution is 0.108. The third-order valence-corrected chi connectivity index (χ3v) is 4.34. The van der Waals surface area contributed by atoms with Crippen molar-refractivity contribution >= 4 is 0 Å². The lowest BCUT2D eigenvalue weighted by Gasteiger charge is -2.31. The molecular weight excluding hydrogens is 242 g/mol. The number of phenolic OH excluding ortho intramolecular Hbond substituents is 1. The highest BCUT2D eigenvalue weighted by Gasteiger charge is 2.29. The van der Waals surface area contributed by atoms with Crippen LogP contribution in [0.3, 0.4) is 0 Å². The van der Waals surface area contributed by atoms with E-state index in [1.807, 2.05) is 6.07 Å². The van der Waals surface area contributed by atoms with Gasteiger partial charge in [-0.2, -0.15) is 0 Å². The zero-order chi connectivity index (χ0) is 13.9. The van der Waals surface area contributed by atoms with E-state index in [-0.39, 0.29) is 23.8 Å². The zero-order valence-electron chi connectivity index (χ0n) is 11.6. The molecule has 0 aliphatic carbocycles. The number of aliphatic hydroxyl groups is 1. The van der Waals surface area contributed by atoms with Crippen molar-refractivity contribution in [3.8, 4) is 11.5 Å². The minimum Gasteiger partial charge on any atom is -0.508 e. The van der Waals surface area contributed by atoms with E-state index >= 15 is 0 Å². The first-order valence-corrected chi connectivity index (χ1v) is 6.94. The van der Waals surface area contributed by atoms with E-state index in [2.05, 4.69) is 19.2 Å². The maximum absolute atomic E-state index is 9.58. The van der Waals surface area contributed by atoms with Crippen LogP contribution >= 0.6 is 0 Å². The van der Waals surface area contributed by atoms with Crippen molar-refractivity contribution in [1.82, 2.24) is 5.32 Å². The van der Waals surface area contributed by atoms with Crippen LogP contribution in [0.2, 0.25) is 0 Å². The molecule has 0 aromatic heterocycles. The molecule has 0 fully saturated rings. The summed E-state index contributed by atoms with van der Waals surface area (Å²) in [6, 6.07) is 5.37. The molecule has 3 N–H and O–H groups in total. The van der Waals surface area contributed by atoms with E-state index in [0.717, 1.165) is 30.7 Å². The van der Waals surface area contributed by atoms with Crippen molar-refractivity contribution in [2.75, 3.05) is 19.8 Å². The molecule has 1 unspecified atom stereocenters. The van der Waals surface area contributed by atoms with Gasteiger partial charge in [0.15, 0.2) is 0 Å². The van der Waals surface area contributed by atoms with E-state index in [0.29, 0.717) is 6.61 Å². The number of ether oxygens (including phenoxy) is 1. The van der Waals surface area contributed by atoms with Gasteiger partial charge in [-0.15, -0.1) is 0 Å². The second kappa shape index (κ2) is 5.80. The number of aliphatic hydroxyl groups excluding tert-OH is 1. The molecule has 1 aliphatic heterocycles. The number of aromatic hydroxyl groups is 1. The van der Waals surface area contributed by atoms with E-state index in [4.69, 9.17) is 4.74 Å². The van der Waals surface area contributed by atoms with Crippen LogP contribution in [0.25, 0.3) is 0 Å². The van der Waals surface area contributed by atoms with Gasteiger partial charge in [0.2, 0.25) is 0 Å². The first kappa shape index (κ1) is 14.2. The fraction of sp³-hybridized carbons (Fsp3) is 0.600. The summed E-state index contributed by atoms with van der Waals surface area (Å²) in [5.41, 5.74) is 1.02. The minimum absolute atomic E-state index is 0.0559. The van der Waals surface area contributed by atoms with Gasteiger partial charge in [-0.05, 0) is 25.0 Å². The quantitative estimate of drug-likeness (QED) is 0.738. The zero-order valence-corrected chi connectivity index (χ0v) is 11.6. The van der Waals surface area contributed by atoms with Gasteiger partial charge in [0, 0.05) is 30.2 Å². The standard InChI is InChI=1S/C15H23NO3/c1-3-15(4-2,10-17)9-16-13-8-19-14-7-11(18)5-6-12(13)14/h5-7,13,16-18H,3-4,8-10H2,1-2H3. The number of hydrogen-bond donors (Lipinski definition) is 3. The van der Waals surface area contributed by atoms with E-state index in [1.165, 1.54) is 0 Å². The monoisotopic (exact) mass is 265 g/mol. The predicted octanol–water partition coefficient (Wildman–Crippen LogP) is 2.21. The Morgan fingerprint density at radius 1 is 1.37 bits per heavy atom. The third kappa shape index (κ3) is 2.85. The van der Waals surface area contributed by atoms with Gasteiger partial charge in [-0.25, -0.2) is 0 Å². The third-order valence-electron chi connectivity index (χ3n) is 4.34. The summed E-state index contributed by atoms with van der Waals surface area (Å²) in [5.74, 6) is 0.978. The first-order valence-electron chi connectivity index (χ1n) is 6.94. The first-order chi connectivity index (χ1) is 9.14. The Labute approximate surface area is 114 Å². The molecule has 1 aromatic rings. The molecule has 1 aliphatic rings. The minimum atomic E-state index is -0.0559. The predicted molar refractivity (Wildman–Crippen MR) is 74.4 cm³/mol. The summed E-state index contributed by atoms with van der Waals surface area (Å²) < 4.78 is 5.57. The van der Waals surface area contributed by atoms with E-state index < -0.39 is 0 Å². The summed E-state index contributed by atoms with van der Waals surface area (Å²) in [6.45, 7) is 5.76. The summed E-state index contributed by atoms with van der Waals surface area (Å²) in [7, 11) is 0. The number of phenols is 1. The molecule has 0 saturated carbocycles. The lowest BCUT2D eigenvalue weighted by atomic mass is 9.83. The molecular formula is C15H23NO3. The molecule has 4 heteroatoms. The molecule has 2 rings (SSSR count). The largest absolute Gasteiger partial charge is 0.508 e. The molecule has 1 aromatic carbocycles. The Balaban J connectivity index is 2.03. The fourth-order valence-electron chi connectivity index (χ4n) is 2.49. The highest BCUT2D eigenvalue weighted by Crippen LogP contribution is 2.35. The summed E-state index contributed by atoms with van der Waals surface area (Å²) in [4.78, 5) is 0. The van der Waals surface area contributed by atoms with E-state index in [9.17, 15) is 10.2 Å². The van der Waals surface area contributed by atoms with Gasteiger partial charge in [-0.3, -0.25) is 0 Å². The maximum Gasteiger partial charge on any atom is 0.127 e. The SMILES string of the molecule is CCC(CC)(CO)CNC1COc2cc(O)ccc21. The van der Waals surface area contributed by atoms with Crippen molar-refractivity contribution in [2.45, 2.75) is 32.7 Å². The van der Waals surface area contributed by atoms with Crippen LogP contribution in [-0.4, -0.2) is 30.0 Å². The van der Waals surface area contributed by atoms with Crippen molar-refractivity contribution in [1.29, 1.82) is 0 Å². The van der Waals surface area contributed by atoms with Gasteiger partial charge >= 0.3 is 0 Å². The van der Waals surface area contributed by atoms with Crippen LogP contribution in [0, 0.1) is 5.41 Å². The van der Waals surface area contributed by atoms with Crippen LogP contribution in [0.5, 0.6) is 11.5 Å². The number of hydrogen-bond acceptors (Lipinski definition) is 4. The molecule has 1 atom stereocenters. The molecule has 19 heavy (non-hydrogen) atoms. The number of nitrogens with one attached hydrogen (secondary N) is 1. The summed E-state index contributed by atoms with van der Waals surface area (Å²) in [6.07, 6.45) is 1.89. The fourth-order valence-corrected chi connectivity index (χ4v) is 2.49. The number of benzene rings is 1. The van der Waals surface area contributed by atoms with Gasteiger partial charge in [-0.1, -0.05) is 13.8 Å². The van der Waals surface area contributed by atoms with Gasteiger partial charge < -0.3 is 20.3 Å².